The lowest BCUT2D eigenvalue weighted by atomic mass is 10.1. The second-order valence-electron chi connectivity index (χ2n) is 6.62. The zero-order valence-electron chi connectivity index (χ0n) is 15.6. The van der Waals surface area contributed by atoms with Crippen molar-refractivity contribution in [2.75, 3.05) is 11.9 Å². The van der Waals surface area contributed by atoms with Gasteiger partial charge in [0, 0.05) is 13.1 Å². The maximum atomic E-state index is 12.2. The summed E-state index contributed by atoms with van der Waals surface area (Å²) < 4.78 is 0. The molecule has 0 bridgehead atoms. The Balaban J connectivity index is 1.43. The van der Waals surface area contributed by atoms with Gasteiger partial charge in [-0.25, -0.2) is 4.98 Å². The molecule has 0 aliphatic rings. The summed E-state index contributed by atoms with van der Waals surface area (Å²) in [4.78, 5) is 16.5. The topological polar surface area (TPSA) is 54.0 Å². The maximum absolute atomic E-state index is 12.2. The SMILES string of the molecule is Cc1cccc(CNC(=O)c2ccc(NCCCc3ccccc3)cn2)c1. The molecule has 0 saturated carbocycles. The van der Waals surface area contributed by atoms with E-state index >= 15 is 0 Å². The van der Waals surface area contributed by atoms with E-state index in [1.54, 1.807) is 12.3 Å². The van der Waals surface area contributed by atoms with Crippen molar-refractivity contribution in [3.05, 3.63) is 95.3 Å². The third kappa shape index (κ3) is 5.96. The van der Waals surface area contributed by atoms with Gasteiger partial charge in [-0.05, 0) is 43.0 Å². The molecule has 138 valence electrons. The van der Waals surface area contributed by atoms with Crippen LogP contribution in [0, 0.1) is 6.92 Å². The Kier molecular flexibility index (Phi) is 6.58. The standard InChI is InChI=1S/C23H25N3O/c1-18-7-5-10-20(15-18)16-26-23(27)22-13-12-21(17-25-22)24-14-6-11-19-8-3-2-4-9-19/h2-5,7-10,12-13,15,17,24H,6,11,14,16H2,1H3,(H,26,27). The van der Waals surface area contributed by atoms with Gasteiger partial charge in [-0.1, -0.05) is 60.2 Å². The summed E-state index contributed by atoms with van der Waals surface area (Å²) >= 11 is 0. The number of hydrogen-bond acceptors (Lipinski definition) is 3. The summed E-state index contributed by atoms with van der Waals surface area (Å²) in [6, 6.07) is 22.2. The molecule has 0 saturated heterocycles. The number of rotatable bonds is 8. The number of amides is 1. The van der Waals surface area contributed by atoms with E-state index in [1.165, 1.54) is 11.1 Å². The summed E-state index contributed by atoms with van der Waals surface area (Å²) in [6.45, 7) is 3.41. The molecule has 1 heterocycles. The molecule has 0 aliphatic heterocycles. The lowest BCUT2D eigenvalue weighted by Crippen LogP contribution is -2.23. The quantitative estimate of drug-likeness (QED) is 0.588. The minimum atomic E-state index is -0.160. The number of pyridine rings is 1. The first-order valence-corrected chi connectivity index (χ1v) is 9.28. The molecular weight excluding hydrogens is 334 g/mol. The fourth-order valence-corrected chi connectivity index (χ4v) is 2.90. The summed E-state index contributed by atoms with van der Waals surface area (Å²) in [5.41, 5.74) is 4.97. The van der Waals surface area contributed by atoms with E-state index in [9.17, 15) is 4.79 Å². The molecule has 0 atom stereocenters. The fourth-order valence-electron chi connectivity index (χ4n) is 2.90. The van der Waals surface area contributed by atoms with Gasteiger partial charge in [0.25, 0.3) is 5.91 Å². The van der Waals surface area contributed by atoms with Gasteiger partial charge >= 0.3 is 0 Å². The monoisotopic (exact) mass is 359 g/mol. The van der Waals surface area contributed by atoms with Crippen LogP contribution in [0.4, 0.5) is 5.69 Å². The first-order chi connectivity index (χ1) is 13.2. The molecule has 0 fully saturated rings. The number of nitrogens with one attached hydrogen (secondary N) is 2. The number of aromatic nitrogens is 1. The van der Waals surface area contributed by atoms with E-state index in [0.29, 0.717) is 12.2 Å². The van der Waals surface area contributed by atoms with E-state index in [-0.39, 0.29) is 5.91 Å². The van der Waals surface area contributed by atoms with E-state index < -0.39 is 0 Å². The molecule has 0 spiro atoms. The van der Waals surface area contributed by atoms with Gasteiger partial charge in [0.2, 0.25) is 0 Å². The van der Waals surface area contributed by atoms with Crippen molar-refractivity contribution < 1.29 is 4.79 Å². The van der Waals surface area contributed by atoms with Gasteiger partial charge in [-0.15, -0.1) is 0 Å². The number of carbonyl (C=O) groups is 1. The van der Waals surface area contributed by atoms with Gasteiger partial charge in [0.15, 0.2) is 0 Å². The number of carbonyl (C=O) groups excluding carboxylic acids is 1. The lowest BCUT2D eigenvalue weighted by Gasteiger charge is -2.08. The first-order valence-electron chi connectivity index (χ1n) is 9.28. The number of benzene rings is 2. The number of anilines is 1. The van der Waals surface area contributed by atoms with Crippen LogP contribution in [-0.4, -0.2) is 17.4 Å². The van der Waals surface area contributed by atoms with E-state index in [2.05, 4.69) is 45.9 Å². The highest BCUT2D eigenvalue weighted by Gasteiger charge is 2.07. The molecule has 1 aromatic heterocycles. The zero-order chi connectivity index (χ0) is 18.9. The molecule has 27 heavy (non-hydrogen) atoms. The maximum Gasteiger partial charge on any atom is 0.270 e. The predicted molar refractivity (Wildman–Crippen MR) is 110 cm³/mol. The molecule has 4 nitrogen and oxygen atoms in total. The number of nitrogens with zero attached hydrogens (tertiary/aromatic N) is 1. The van der Waals surface area contributed by atoms with Crippen LogP contribution in [0.15, 0.2) is 72.9 Å². The van der Waals surface area contributed by atoms with Gasteiger partial charge in [0.1, 0.15) is 5.69 Å². The van der Waals surface area contributed by atoms with Gasteiger partial charge < -0.3 is 10.6 Å². The molecule has 0 radical (unpaired) electrons. The van der Waals surface area contributed by atoms with Crippen LogP contribution < -0.4 is 10.6 Å². The van der Waals surface area contributed by atoms with Crippen LogP contribution in [0.1, 0.15) is 33.6 Å². The third-order valence-corrected chi connectivity index (χ3v) is 4.35. The van der Waals surface area contributed by atoms with Crippen molar-refractivity contribution in [2.24, 2.45) is 0 Å². The predicted octanol–water partition coefficient (Wildman–Crippen LogP) is 4.36. The highest BCUT2D eigenvalue weighted by molar-refractivity contribution is 5.92. The second kappa shape index (κ2) is 9.53. The third-order valence-electron chi connectivity index (χ3n) is 4.35. The fraction of sp³-hybridized carbons (Fsp3) is 0.217. The Labute approximate surface area is 160 Å². The lowest BCUT2D eigenvalue weighted by molar-refractivity contribution is 0.0946. The van der Waals surface area contributed by atoms with Crippen molar-refractivity contribution >= 4 is 11.6 Å². The van der Waals surface area contributed by atoms with Crippen LogP contribution in [0.3, 0.4) is 0 Å². The van der Waals surface area contributed by atoms with Gasteiger partial charge in [-0.3, -0.25) is 4.79 Å². The highest BCUT2D eigenvalue weighted by Crippen LogP contribution is 2.09. The molecule has 3 aromatic rings. The van der Waals surface area contributed by atoms with Gasteiger partial charge in [0.05, 0.1) is 11.9 Å². The molecule has 0 aliphatic carbocycles. The van der Waals surface area contributed by atoms with E-state index in [0.717, 1.165) is 30.6 Å². The summed E-state index contributed by atoms with van der Waals surface area (Å²) in [5, 5.41) is 6.26. The van der Waals surface area contributed by atoms with Crippen molar-refractivity contribution in [1.29, 1.82) is 0 Å². The molecular formula is C23H25N3O. The minimum Gasteiger partial charge on any atom is -0.384 e. The molecule has 2 N–H and O–H groups in total. The largest absolute Gasteiger partial charge is 0.384 e. The normalized spacial score (nSPS) is 10.4. The van der Waals surface area contributed by atoms with Crippen LogP contribution in [-0.2, 0) is 13.0 Å². The summed E-state index contributed by atoms with van der Waals surface area (Å²) in [7, 11) is 0. The van der Waals surface area contributed by atoms with Crippen LogP contribution in [0.5, 0.6) is 0 Å². The van der Waals surface area contributed by atoms with Crippen LogP contribution >= 0.6 is 0 Å². The van der Waals surface area contributed by atoms with Crippen LogP contribution in [0.2, 0.25) is 0 Å². The second-order valence-corrected chi connectivity index (χ2v) is 6.62. The van der Waals surface area contributed by atoms with Crippen molar-refractivity contribution in [1.82, 2.24) is 10.3 Å². The average Bonchev–Trinajstić information content (AvgIpc) is 2.71. The molecule has 3 rings (SSSR count). The number of hydrogen-bond donors (Lipinski definition) is 2. The Morgan fingerprint density at radius 3 is 2.52 bits per heavy atom. The Morgan fingerprint density at radius 2 is 1.78 bits per heavy atom. The molecule has 4 heteroatoms. The first kappa shape index (κ1) is 18.6. The Hall–Kier alpha value is -3.14. The smallest absolute Gasteiger partial charge is 0.270 e. The minimum absolute atomic E-state index is 0.160. The number of aryl methyl sites for hydroxylation is 2. The molecule has 0 unspecified atom stereocenters. The van der Waals surface area contributed by atoms with Crippen LogP contribution in [0.25, 0.3) is 0 Å². The average molecular weight is 359 g/mol. The Morgan fingerprint density at radius 1 is 0.963 bits per heavy atom. The van der Waals surface area contributed by atoms with Crippen molar-refractivity contribution in [3.8, 4) is 0 Å². The van der Waals surface area contributed by atoms with E-state index in [4.69, 9.17) is 0 Å². The molecule has 2 aromatic carbocycles. The summed E-state index contributed by atoms with van der Waals surface area (Å²) in [5.74, 6) is -0.160. The van der Waals surface area contributed by atoms with Gasteiger partial charge in [-0.2, -0.15) is 0 Å². The summed E-state index contributed by atoms with van der Waals surface area (Å²) in [6.07, 6.45) is 3.80. The zero-order valence-corrected chi connectivity index (χ0v) is 15.6. The Bertz CT molecular complexity index is 860. The van der Waals surface area contributed by atoms with E-state index in [1.807, 2.05) is 37.3 Å². The van der Waals surface area contributed by atoms with Crippen molar-refractivity contribution in [2.45, 2.75) is 26.3 Å². The molecule has 1 amide bonds. The van der Waals surface area contributed by atoms with Crippen molar-refractivity contribution in [3.63, 3.8) is 0 Å². The highest BCUT2D eigenvalue weighted by atomic mass is 16.1.